The monoisotopic (exact) mass is 420 g/mol. The van der Waals surface area contributed by atoms with Crippen molar-refractivity contribution in [1.82, 2.24) is 9.80 Å². The van der Waals surface area contributed by atoms with Crippen LogP contribution in [0.4, 0.5) is 8.78 Å². The number of amides is 1. The van der Waals surface area contributed by atoms with Gasteiger partial charge < -0.3 is 14.4 Å². The molecule has 0 atom stereocenters. The summed E-state index contributed by atoms with van der Waals surface area (Å²) in [7, 11) is 1.53. The highest BCUT2D eigenvalue weighted by Crippen LogP contribution is 2.37. The third kappa shape index (κ3) is 5.28. The van der Waals surface area contributed by atoms with E-state index in [1.165, 1.54) is 7.11 Å². The summed E-state index contributed by atoms with van der Waals surface area (Å²) < 4.78 is 36.5. The van der Waals surface area contributed by atoms with Crippen LogP contribution in [0.5, 0.6) is 11.5 Å². The maximum Gasteiger partial charge on any atom is 0.254 e. The van der Waals surface area contributed by atoms with Crippen molar-refractivity contribution in [2.45, 2.75) is 19.8 Å². The van der Waals surface area contributed by atoms with E-state index in [2.05, 4.69) is 15.9 Å². The van der Waals surface area contributed by atoms with Gasteiger partial charge in [0.1, 0.15) is 0 Å². The normalized spacial score (nSPS) is 15.5. The van der Waals surface area contributed by atoms with E-state index in [9.17, 15) is 13.6 Å². The molecule has 1 amide bonds. The Balaban J connectivity index is 2.08. The second-order valence-electron chi connectivity index (χ2n) is 5.82. The number of nitrogens with zero attached hydrogens (tertiary/aromatic N) is 2. The Kier molecular flexibility index (Phi) is 7.43. The van der Waals surface area contributed by atoms with Crippen molar-refractivity contribution in [1.29, 1.82) is 0 Å². The molecule has 0 radical (unpaired) electrons. The van der Waals surface area contributed by atoms with Gasteiger partial charge in [-0.2, -0.15) is 0 Å². The summed E-state index contributed by atoms with van der Waals surface area (Å²) in [5, 5.41) is 0. The molecular formula is C17H23BrF2N2O3. The first-order valence-electron chi connectivity index (χ1n) is 8.26. The maximum atomic E-state index is 12.7. The van der Waals surface area contributed by atoms with Gasteiger partial charge in [0.2, 0.25) is 0 Å². The molecule has 0 aromatic heterocycles. The largest absolute Gasteiger partial charge is 0.493 e. The van der Waals surface area contributed by atoms with E-state index in [0.29, 0.717) is 54.3 Å². The molecule has 0 bridgehead atoms. The van der Waals surface area contributed by atoms with Crippen molar-refractivity contribution in [3.05, 3.63) is 22.2 Å². The van der Waals surface area contributed by atoms with Gasteiger partial charge in [0.15, 0.2) is 11.5 Å². The van der Waals surface area contributed by atoms with Crippen LogP contribution in [0.25, 0.3) is 0 Å². The summed E-state index contributed by atoms with van der Waals surface area (Å²) in [5.74, 6) is 0.919. The van der Waals surface area contributed by atoms with Crippen molar-refractivity contribution >= 4 is 21.8 Å². The third-order valence-electron chi connectivity index (χ3n) is 3.98. The van der Waals surface area contributed by atoms with Crippen LogP contribution < -0.4 is 9.47 Å². The molecule has 1 heterocycles. The van der Waals surface area contributed by atoms with Crippen molar-refractivity contribution in [2.75, 3.05) is 46.4 Å². The zero-order valence-electron chi connectivity index (χ0n) is 14.4. The van der Waals surface area contributed by atoms with Crippen LogP contribution in [0.3, 0.4) is 0 Å². The molecule has 2 rings (SSSR count). The molecule has 0 saturated carbocycles. The van der Waals surface area contributed by atoms with E-state index in [-0.39, 0.29) is 12.5 Å². The van der Waals surface area contributed by atoms with E-state index in [1.54, 1.807) is 21.9 Å². The van der Waals surface area contributed by atoms with Crippen LogP contribution >= 0.6 is 15.9 Å². The lowest BCUT2D eigenvalue weighted by molar-refractivity contribution is 0.0458. The molecule has 0 aliphatic carbocycles. The molecule has 0 spiro atoms. The van der Waals surface area contributed by atoms with Crippen LogP contribution in [-0.2, 0) is 0 Å². The van der Waals surface area contributed by atoms with Gasteiger partial charge in [0.05, 0.1) is 24.7 Å². The molecule has 140 valence electrons. The van der Waals surface area contributed by atoms with Crippen LogP contribution in [0.2, 0.25) is 0 Å². The zero-order valence-corrected chi connectivity index (χ0v) is 16.0. The zero-order chi connectivity index (χ0) is 18.4. The molecule has 1 aromatic rings. The fourth-order valence-corrected chi connectivity index (χ4v) is 3.26. The number of rotatable bonds is 7. The molecule has 1 aliphatic rings. The Morgan fingerprint density at radius 1 is 1.28 bits per heavy atom. The summed E-state index contributed by atoms with van der Waals surface area (Å²) in [4.78, 5) is 16.1. The Morgan fingerprint density at radius 2 is 1.96 bits per heavy atom. The van der Waals surface area contributed by atoms with Gasteiger partial charge in [-0.15, -0.1) is 0 Å². The Labute approximate surface area is 155 Å². The van der Waals surface area contributed by atoms with E-state index < -0.39 is 6.43 Å². The molecule has 0 N–H and O–H groups in total. The lowest BCUT2D eigenvalue weighted by Crippen LogP contribution is -2.49. The summed E-state index contributed by atoms with van der Waals surface area (Å²) in [6.45, 7) is 4.07. The number of benzene rings is 1. The highest BCUT2D eigenvalue weighted by atomic mass is 79.9. The second kappa shape index (κ2) is 9.33. The van der Waals surface area contributed by atoms with Gasteiger partial charge >= 0.3 is 0 Å². The summed E-state index contributed by atoms with van der Waals surface area (Å²) in [5.41, 5.74) is 0.481. The molecular weight excluding hydrogens is 398 g/mol. The lowest BCUT2D eigenvalue weighted by Gasteiger charge is -2.34. The lowest BCUT2D eigenvalue weighted by atomic mass is 10.1. The number of carbonyl (C=O) groups excluding carboxylic acids is 1. The number of halogens is 3. The van der Waals surface area contributed by atoms with Gasteiger partial charge in [-0.1, -0.05) is 6.92 Å². The van der Waals surface area contributed by atoms with Crippen molar-refractivity contribution in [3.8, 4) is 11.5 Å². The van der Waals surface area contributed by atoms with Crippen LogP contribution in [0, 0.1) is 0 Å². The number of carbonyl (C=O) groups is 1. The quantitative estimate of drug-likeness (QED) is 0.678. The second-order valence-corrected chi connectivity index (χ2v) is 6.68. The predicted octanol–water partition coefficient (Wildman–Crippen LogP) is 3.27. The van der Waals surface area contributed by atoms with Crippen molar-refractivity contribution in [3.63, 3.8) is 0 Å². The summed E-state index contributed by atoms with van der Waals surface area (Å²) in [6, 6.07) is 3.37. The number of piperazine rings is 1. The minimum absolute atomic E-state index is 0.141. The van der Waals surface area contributed by atoms with Crippen LogP contribution in [-0.4, -0.2) is 68.6 Å². The Hall–Kier alpha value is -1.41. The number of hydrogen-bond donors (Lipinski definition) is 0. The molecule has 8 heteroatoms. The van der Waals surface area contributed by atoms with Crippen molar-refractivity contribution < 1.29 is 23.0 Å². The first-order valence-corrected chi connectivity index (χ1v) is 9.05. The molecule has 1 saturated heterocycles. The maximum absolute atomic E-state index is 12.7. The first kappa shape index (κ1) is 19.9. The van der Waals surface area contributed by atoms with E-state index in [4.69, 9.17) is 9.47 Å². The minimum atomic E-state index is -2.35. The smallest absolute Gasteiger partial charge is 0.254 e. The van der Waals surface area contributed by atoms with E-state index in [1.807, 2.05) is 6.92 Å². The summed E-state index contributed by atoms with van der Waals surface area (Å²) >= 11 is 3.43. The number of ether oxygens (including phenoxy) is 2. The fourth-order valence-electron chi connectivity index (χ4n) is 2.70. The van der Waals surface area contributed by atoms with Gasteiger partial charge in [-0.05, 0) is 34.5 Å². The average Bonchev–Trinajstić information content (AvgIpc) is 2.59. The molecule has 1 aromatic carbocycles. The van der Waals surface area contributed by atoms with Gasteiger partial charge in [0, 0.05) is 31.7 Å². The van der Waals surface area contributed by atoms with E-state index in [0.717, 1.165) is 6.42 Å². The minimum Gasteiger partial charge on any atom is -0.493 e. The Morgan fingerprint density at radius 3 is 2.52 bits per heavy atom. The number of alkyl halides is 2. The Bertz CT molecular complexity index is 594. The molecule has 1 aliphatic heterocycles. The van der Waals surface area contributed by atoms with Crippen LogP contribution in [0.1, 0.15) is 23.7 Å². The first-order chi connectivity index (χ1) is 12.0. The average molecular weight is 421 g/mol. The summed E-state index contributed by atoms with van der Waals surface area (Å²) in [6.07, 6.45) is -1.49. The number of methoxy groups -OCH3 is 1. The van der Waals surface area contributed by atoms with Gasteiger partial charge in [-0.25, -0.2) is 8.78 Å². The van der Waals surface area contributed by atoms with Crippen LogP contribution in [0.15, 0.2) is 16.6 Å². The third-order valence-corrected chi connectivity index (χ3v) is 4.57. The highest BCUT2D eigenvalue weighted by molar-refractivity contribution is 9.10. The molecule has 5 nitrogen and oxygen atoms in total. The van der Waals surface area contributed by atoms with Crippen molar-refractivity contribution in [2.24, 2.45) is 0 Å². The standard InChI is InChI=1S/C17H23BrF2N2O3/c1-3-8-25-16-13(18)9-12(10-14(16)24-2)17(23)22-6-4-21(5-7-22)11-15(19)20/h9-10,15H,3-8,11H2,1-2H3. The topological polar surface area (TPSA) is 42.0 Å². The fraction of sp³-hybridized carbons (Fsp3) is 0.588. The molecule has 1 fully saturated rings. The SMILES string of the molecule is CCCOc1c(Br)cc(C(=O)N2CCN(CC(F)F)CC2)cc1OC. The van der Waals surface area contributed by atoms with Gasteiger partial charge in [0.25, 0.3) is 12.3 Å². The predicted molar refractivity (Wildman–Crippen MR) is 94.8 cm³/mol. The molecule has 0 unspecified atom stereocenters. The number of hydrogen-bond acceptors (Lipinski definition) is 4. The highest BCUT2D eigenvalue weighted by Gasteiger charge is 2.25. The molecule has 25 heavy (non-hydrogen) atoms. The van der Waals surface area contributed by atoms with Gasteiger partial charge in [-0.3, -0.25) is 9.69 Å². The van der Waals surface area contributed by atoms with E-state index >= 15 is 0 Å².